The minimum Gasteiger partial charge on any atom is -0.507 e. The largest absolute Gasteiger partial charge is 0.507 e. The van der Waals surface area contributed by atoms with Crippen LogP contribution in [0, 0.1) is 0 Å². The van der Waals surface area contributed by atoms with Crippen LogP contribution in [0.2, 0.25) is 0 Å². The molecule has 0 aliphatic carbocycles. The average Bonchev–Trinajstić information content (AvgIpc) is 3.43. The molecule has 2 atom stereocenters. The van der Waals surface area contributed by atoms with Crippen LogP contribution >= 0.6 is 0 Å². The Labute approximate surface area is 213 Å². The van der Waals surface area contributed by atoms with Crippen LogP contribution in [0.25, 0.3) is 5.76 Å². The quantitative estimate of drug-likeness (QED) is 0.323. The molecule has 3 aromatic carbocycles. The van der Waals surface area contributed by atoms with Gasteiger partial charge in [0.15, 0.2) is 11.5 Å². The fourth-order valence-corrected chi connectivity index (χ4v) is 5.19. The Morgan fingerprint density at radius 3 is 2.54 bits per heavy atom. The number of methoxy groups -OCH3 is 1. The number of hydrogen-bond acceptors (Lipinski definition) is 7. The summed E-state index contributed by atoms with van der Waals surface area (Å²) in [6.07, 6.45) is 0.722. The van der Waals surface area contributed by atoms with E-state index in [-0.39, 0.29) is 17.4 Å². The van der Waals surface area contributed by atoms with Gasteiger partial charge < -0.3 is 24.1 Å². The summed E-state index contributed by atoms with van der Waals surface area (Å²) in [5.41, 5.74) is 2.37. The predicted molar refractivity (Wildman–Crippen MR) is 135 cm³/mol. The number of nitrogens with zero attached hydrogens (tertiary/aromatic N) is 1. The number of amides is 1. The van der Waals surface area contributed by atoms with Gasteiger partial charge in [0.1, 0.15) is 36.6 Å². The third kappa shape index (κ3) is 3.76. The zero-order chi connectivity index (χ0) is 25.7. The fourth-order valence-electron chi connectivity index (χ4n) is 5.19. The predicted octanol–water partition coefficient (Wildman–Crippen LogP) is 4.42. The number of rotatable bonds is 4. The van der Waals surface area contributed by atoms with Crippen molar-refractivity contribution in [2.24, 2.45) is 0 Å². The van der Waals surface area contributed by atoms with Gasteiger partial charge in [0, 0.05) is 29.3 Å². The maximum atomic E-state index is 13.5. The van der Waals surface area contributed by atoms with E-state index in [9.17, 15) is 14.7 Å². The maximum absolute atomic E-state index is 13.5. The van der Waals surface area contributed by atoms with Crippen LogP contribution < -0.4 is 23.8 Å². The van der Waals surface area contributed by atoms with Crippen LogP contribution in [-0.2, 0) is 16.0 Å². The van der Waals surface area contributed by atoms with Gasteiger partial charge in [-0.15, -0.1) is 0 Å². The highest BCUT2D eigenvalue weighted by Crippen LogP contribution is 2.47. The van der Waals surface area contributed by atoms with Gasteiger partial charge in [-0.1, -0.05) is 18.2 Å². The van der Waals surface area contributed by atoms with Crippen molar-refractivity contribution < 1.29 is 33.6 Å². The molecule has 0 bridgehead atoms. The van der Waals surface area contributed by atoms with E-state index in [4.69, 9.17) is 18.9 Å². The SMILES string of the molecule is COc1ccccc1C1/C(=C(\O)c2ccc3c(c2)CC(C)O3)C(=O)C(=O)N1c1ccc2c(c1)OCCO2. The second kappa shape index (κ2) is 8.89. The summed E-state index contributed by atoms with van der Waals surface area (Å²) >= 11 is 0. The van der Waals surface area contributed by atoms with Crippen LogP contribution in [0.4, 0.5) is 5.69 Å². The molecule has 37 heavy (non-hydrogen) atoms. The van der Waals surface area contributed by atoms with Crippen molar-refractivity contribution in [1.82, 2.24) is 0 Å². The van der Waals surface area contributed by atoms with Gasteiger partial charge in [0.2, 0.25) is 0 Å². The average molecular weight is 500 g/mol. The Morgan fingerprint density at radius 2 is 1.73 bits per heavy atom. The van der Waals surface area contributed by atoms with E-state index in [2.05, 4.69) is 0 Å². The first-order valence-electron chi connectivity index (χ1n) is 12.1. The number of hydrogen-bond donors (Lipinski definition) is 1. The molecule has 1 amide bonds. The molecule has 8 heteroatoms. The standard InChI is InChI=1S/C29H25NO7/c1-16-13-18-14-17(7-9-21(18)37-16)27(31)25-26(20-5-3-4-6-22(20)34-2)30(29(33)28(25)32)19-8-10-23-24(15-19)36-12-11-35-23/h3-10,14-16,26,31H,11-13H2,1-2H3/b27-25+. The van der Waals surface area contributed by atoms with Crippen molar-refractivity contribution in [2.45, 2.75) is 25.5 Å². The first-order chi connectivity index (χ1) is 18.0. The van der Waals surface area contributed by atoms with E-state index < -0.39 is 17.7 Å². The molecule has 188 valence electrons. The number of ketones is 1. The van der Waals surface area contributed by atoms with E-state index in [1.165, 1.54) is 12.0 Å². The van der Waals surface area contributed by atoms with Crippen LogP contribution in [0.1, 0.15) is 29.7 Å². The molecule has 3 aromatic rings. The molecule has 0 spiro atoms. The highest BCUT2D eigenvalue weighted by Gasteiger charge is 2.48. The summed E-state index contributed by atoms with van der Waals surface area (Å²) in [4.78, 5) is 28.4. The van der Waals surface area contributed by atoms with Crippen LogP contribution in [-0.4, -0.2) is 43.2 Å². The smallest absolute Gasteiger partial charge is 0.300 e. The molecule has 3 heterocycles. The Balaban J connectivity index is 1.53. The summed E-state index contributed by atoms with van der Waals surface area (Å²) in [6.45, 7) is 2.79. The molecular weight excluding hydrogens is 474 g/mol. The first kappa shape index (κ1) is 23.0. The molecule has 0 aromatic heterocycles. The number of ether oxygens (including phenoxy) is 4. The molecule has 2 unspecified atom stereocenters. The third-order valence-corrected chi connectivity index (χ3v) is 6.85. The first-order valence-corrected chi connectivity index (χ1v) is 12.1. The van der Waals surface area contributed by atoms with E-state index in [0.29, 0.717) is 53.7 Å². The Hall–Kier alpha value is -4.46. The lowest BCUT2D eigenvalue weighted by Gasteiger charge is -2.28. The Bertz CT molecular complexity index is 1460. The molecular formula is C29H25NO7. The van der Waals surface area contributed by atoms with Gasteiger partial charge in [0.05, 0.1) is 18.7 Å². The summed E-state index contributed by atoms with van der Waals surface area (Å²) in [5, 5.41) is 11.5. The van der Waals surface area contributed by atoms with E-state index in [1.807, 2.05) is 13.0 Å². The fraction of sp³-hybridized carbons (Fsp3) is 0.241. The second-order valence-electron chi connectivity index (χ2n) is 9.19. The number of carbonyl (C=O) groups is 2. The summed E-state index contributed by atoms with van der Waals surface area (Å²) < 4.78 is 22.7. The van der Waals surface area contributed by atoms with Crippen molar-refractivity contribution in [1.29, 1.82) is 0 Å². The molecule has 6 rings (SSSR count). The minimum atomic E-state index is -0.929. The molecule has 3 aliphatic rings. The minimum absolute atomic E-state index is 0.0173. The van der Waals surface area contributed by atoms with Gasteiger partial charge >= 0.3 is 0 Å². The summed E-state index contributed by atoms with van der Waals surface area (Å²) in [7, 11) is 1.52. The van der Waals surface area contributed by atoms with Crippen molar-refractivity contribution in [2.75, 3.05) is 25.2 Å². The zero-order valence-electron chi connectivity index (χ0n) is 20.4. The van der Waals surface area contributed by atoms with Crippen LogP contribution in [0.15, 0.2) is 66.2 Å². The normalized spacial score (nSPS) is 21.5. The molecule has 1 N–H and O–H groups in total. The Kier molecular flexibility index (Phi) is 5.52. The molecule has 3 aliphatic heterocycles. The van der Waals surface area contributed by atoms with Crippen molar-refractivity contribution in [3.8, 4) is 23.0 Å². The van der Waals surface area contributed by atoms with E-state index in [1.54, 1.807) is 54.6 Å². The van der Waals surface area contributed by atoms with Crippen molar-refractivity contribution in [3.63, 3.8) is 0 Å². The van der Waals surface area contributed by atoms with Gasteiger partial charge in [-0.2, -0.15) is 0 Å². The highest BCUT2D eigenvalue weighted by atomic mass is 16.6. The number of carbonyl (C=O) groups excluding carboxylic acids is 2. The molecule has 1 saturated heterocycles. The highest BCUT2D eigenvalue weighted by molar-refractivity contribution is 6.51. The monoisotopic (exact) mass is 499 g/mol. The number of anilines is 1. The number of benzene rings is 3. The van der Waals surface area contributed by atoms with Gasteiger partial charge in [-0.3, -0.25) is 14.5 Å². The van der Waals surface area contributed by atoms with Crippen LogP contribution in [0.3, 0.4) is 0 Å². The maximum Gasteiger partial charge on any atom is 0.300 e. The number of aliphatic hydroxyl groups excluding tert-OH is 1. The van der Waals surface area contributed by atoms with E-state index >= 15 is 0 Å². The Morgan fingerprint density at radius 1 is 0.973 bits per heavy atom. The molecule has 0 radical (unpaired) electrons. The lowest BCUT2D eigenvalue weighted by molar-refractivity contribution is -0.132. The van der Waals surface area contributed by atoms with Gasteiger partial charge in [-0.25, -0.2) is 0 Å². The molecule has 0 saturated carbocycles. The molecule has 1 fully saturated rings. The number of aliphatic hydroxyl groups is 1. The van der Waals surface area contributed by atoms with Crippen molar-refractivity contribution in [3.05, 3.63) is 82.9 Å². The topological polar surface area (TPSA) is 94.5 Å². The summed E-state index contributed by atoms with van der Waals surface area (Å²) in [5.74, 6) is 0.491. The van der Waals surface area contributed by atoms with Gasteiger partial charge in [-0.05, 0) is 48.9 Å². The number of fused-ring (bicyclic) bond motifs is 2. The third-order valence-electron chi connectivity index (χ3n) is 6.85. The second-order valence-corrected chi connectivity index (χ2v) is 9.19. The lowest BCUT2D eigenvalue weighted by Crippen LogP contribution is -2.30. The van der Waals surface area contributed by atoms with E-state index in [0.717, 1.165) is 11.3 Å². The lowest BCUT2D eigenvalue weighted by atomic mass is 9.93. The zero-order valence-corrected chi connectivity index (χ0v) is 20.4. The van der Waals surface area contributed by atoms with Crippen molar-refractivity contribution >= 4 is 23.1 Å². The number of Topliss-reactive ketones (excluding diaryl/α,β-unsaturated/α-hetero) is 1. The van der Waals surface area contributed by atoms with Gasteiger partial charge in [0.25, 0.3) is 11.7 Å². The number of para-hydroxylation sites is 1. The molecule has 8 nitrogen and oxygen atoms in total. The van der Waals surface area contributed by atoms with Crippen LogP contribution in [0.5, 0.6) is 23.0 Å². The summed E-state index contributed by atoms with van der Waals surface area (Å²) in [6, 6.07) is 16.6.